The van der Waals surface area contributed by atoms with Crippen LogP contribution in [0.3, 0.4) is 0 Å². The number of nitrogens with zero attached hydrogens (tertiary/aromatic N) is 1. The predicted octanol–water partition coefficient (Wildman–Crippen LogP) is 2.43. The van der Waals surface area contributed by atoms with Crippen molar-refractivity contribution in [1.29, 1.82) is 0 Å². The van der Waals surface area contributed by atoms with E-state index in [-0.39, 0.29) is 30.8 Å². The Bertz CT molecular complexity index is 606. The van der Waals surface area contributed by atoms with Gasteiger partial charge in [-0.3, -0.25) is 9.59 Å². The topological polar surface area (TPSA) is 59.8 Å². The van der Waals surface area contributed by atoms with Crippen molar-refractivity contribution in [3.05, 3.63) is 46.5 Å². The maximum absolute atomic E-state index is 12.0. The molecule has 0 aliphatic carbocycles. The van der Waals surface area contributed by atoms with Crippen LogP contribution in [-0.2, 0) is 27.5 Å². The van der Waals surface area contributed by atoms with Crippen LogP contribution in [0.25, 0.3) is 0 Å². The van der Waals surface area contributed by atoms with Gasteiger partial charge in [-0.2, -0.15) is 11.3 Å². The normalized spacial score (nSPS) is 18.2. The lowest BCUT2D eigenvalue weighted by Crippen LogP contribution is -2.26. The number of ether oxygens (including phenoxy) is 1. The summed E-state index contributed by atoms with van der Waals surface area (Å²) in [5.41, 5.74) is 0.977. The van der Waals surface area contributed by atoms with Crippen LogP contribution in [0.1, 0.15) is 17.7 Å². The Labute approximate surface area is 126 Å². The molecule has 1 atom stereocenters. The van der Waals surface area contributed by atoms with Crippen LogP contribution in [0.2, 0.25) is 0 Å². The van der Waals surface area contributed by atoms with Crippen LogP contribution >= 0.6 is 11.3 Å². The number of carbonyl (C=O) groups excluding carboxylic acids is 2. The number of likely N-dealkylation sites (tertiary alicyclic amines) is 1. The average molecular weight is 305 g/mol. The van der Waals surface area contributed by atoms with Gasteiger partial charge in [0.25, 0.3) is 0 Å². The van der Waals surface area contributed by atoms with E-state index < -0.39 is 0 Å². The third-order valence-corrected chi connectivity index (χ3v) is 4.17. The molecule has 0 saturated carbocycles. The number of esters is 1. The first-order chi connectivity index (χ1) is 10.2. The van der Waals surface area contributed by atoms with Crippen molar-refractivity contribution < 1.29 is 18.7 Å². The Kier molecular flexibility index (Phi) is 4.06. The highest BCUT2D eigenvalue weighted by atomic mass is 32.1. The summed E-state index contributed by atoms with van der Waals surface area (Å²) in [6, 6.07) is 5.51. The van der Waals surface area contributed by atoms with E-state index in [1.807, 2.05) is 22.9 Å². The molecule has 3 heterocycles. The molecule has 3 rings (SSSR count). The van der Waals surface area contributed by atoms with Crippen molar-refractivity contribution in [1.82, 2.24) is 4.90 Å². The molecule has 2 aromatic heterocycles. The summed E-state index contributed by atoms with van der Waals surface area (Å²) in [4.78, 5) is 25.6. The van der Waals surface area contributed by atoms with Crippen molar-refractivity contribution >= 4 is 23.2 Å². The molecule has 0 radical (unpaired) electrons. The van der Waals surface area contributed by atoms with Gasteiger partial charge >= 0.3 is 5.97 Å². The maximum atomic E-state index is 12.0. The van der Waals surface area contributed by atoms with E-state index in [0.29, 0.717) is 13.1 Å². The summed E-state index contributed by atoms with van der Waals surface area (Å²) < 4.78 is 10.5. The summed E-state index contributed by atoms with van der Waals surface area (Å²) in [7, 11) is 0. The molecule has 0 unspecified atom stereocenters. The zero-order chi connectivity index (χ0) is 14.7. The second-order valence-corrected chi connectivity index (χ2v) is 5.77. The van der Waals surface area contributed by atoms with Crippen LogP contribution in [0.5, 0.6) is 0 Å². The third-order valence-electron chi connectivity index (χ3n) is 3.44. The smallest absolute Gasteiger partial charge is 0.311 e. The number of thiophene rings is 1. The van der Waals surface area contributed by atoms with Crippen LogP contribution in [0.4, 0.5) is 0 Å². The SMILES string of the molecule is O=C(OCc1ccsc1)[C@H]1CC(=O)N(Cc2ccco2)C1. The second-order valence-electron chi connectivity index (χ2n) is 4.99. The summed E-state index contributed by atoms with van der Waals surface area (Å²) in [6.45, 7) is 1.06. The molecule has 0 spiro atoms. The van der Waals surface area contributed by atoms with E-state index in [9.17, 15) is 9.59 Å². The van der Waals surface area contributed by atoms with Crippen LogP contribution in [0, 0.1) is 5.92 Å². The minimum Gasteiger partial charge on any atom is -0.467 e. The summed E-state index contributed by atoms with van der Waals surface area (Å²) in [5.74, 6) is -0.0119. The highest BCUT2D eigenvalue weighted by molar-refractivity contribution is 7.07. The number of furan rings is 1. The monoisotopic (exact) mass is 305 g/mol. The maximum Gasteiger partial charge on any atom is 0.311 e. The first-order valence-corrected chi connectivity index (χ1v) is 7.64. The van der Waals surface area contributed by atoms with Gasteiger partial charge in [0.2, 0.25) is 5.91 Å². The Morgan fingerprint density at radius 2 is 2.38 bits per heavy atom. The molecule has 2 aromatic rings. The molecule has 110 valence electrons. The molecule has 5 nitrogen and oxygen atoms in total. The van der Waals surface area contributed by atoms with Gasteiger partial charge in [0.1, 0.15) is 12.4 Å². The summed E-state index contributed by atoms with van der Waals surface area (Å²) in [6.07, 6.45) is 1.78. The first-order valence-electron chi connectivity index (χ1n) is 6.70. The van der Waals surface area contributed by atoms with Gasteiger partial charge in [-0.15, -0.1) is 0 Å². The summed E-state index contributed by atoms with van der Waals surface area (Å²) >= 11 is 1.56. The van der Waals surface area contributed by atoms with Gasteiger partial charge < -0.3 is 14.1 Å². The lowest BCUT2D eigenvalue weighted by atomic mass is 10.1. The van der Waals surface area contributed by atoms with E-state index in [1.54, 1.807) is 28.6 Å². The van der Waals surface area contributed by atoms with E-state index in [0.717, 1.165) is 11.3 Å². The van der Waals surface area contributed by atoms with E-state index >= 15 is 0 Å². The molecular formula is C15H15NO4S. The number of amides is 1. The summed E-state index contributed by atoms with van der Waals surface area (Å²) in [5, 5.41) is 3.88. The molecule has 0 bridgehead atoms. The van der Waals surface area contributed by atoms with E-state index in [1.165, 1.54) is 0 Å². The zero-order valence-electron chi connectivity index (χ0n) is 11.4. The number of carbonyl (C=O) groups is 2. The van der Waals surface area contributed by atoms with Gasteiger partial charge in [-0.25, -0.2) is 0 Å². The standard InChI is InChI=1S/C15H15NO4S/c17-14-6-12(7-16(14)8-13-2-1-4-19-13)15(18)20-9-11-3-5-21-10-11/h1-5,10,12H,6-9H2/t12-/m0/s1. The largest absolute Gasteiger partial charge is 0.467 e. The third kappa shape index (κ3) is 3.33. The molecule has 6 heteroatoms. The number of hydrogen-bond acceptors (Lipinski definition) is 5. The molecule has 0 N–H and O–H groups in total. The molecule has 1 fully saturated rings. The molecular weight excluding hydrogens is 290 g/mol. The molecule has 21 heavy (non-hydrogen) atoms. The fourth-order valence-corrected chi connectivity index (χ4v) is 2.97. The van der Waals surface area contributed by atoms with Crippen LogP contribution < -0.4 is 0 Å². The van der Waals surface area contributed by atoms with E-state index in [4.69, 9.17) is 9.15 Å². The molecule has 0 aromatic carbocycles. The fraction of sp³-hybridized carbons (Fsp3) is 0.333. The van der Waals surface area contributed by atoms with E-state index in [2.05, 4.69) is 0 Å². The molecule has 1 aliphatic heterocycles. The Morgan fingerprint density at radius 1 is 1.48 bits per heavy atom. The zero-order valence-corrected chi connectivity index (χ0v) is 12.2. The fourth-order valence-electron chi connectivity index (χ4n) is 2.32. The molecule has 1 aliphatic rings. The Morgan fingerprint density at radius 3 is 3.10 bits per heavy atom. The van der Waals surface area contributed by atoms with Crippen molar-refractivity contribution in [3.8, 4) is 0 Å². The van der Waals surface area contributed by atoms with Crippen molar-refractivity contribution in [2.24, 2.45) is 5.92 Å². The number of rotatable bonds is 5. The minimum atomic E-state index is -0.383. The van der Waals surface area contributed by atoms with Gasteiger partial charge in [0.05, 0.1) is 18.7 Å². The highest BCUT2D eigenvalue weighted by Crippen LogP contribution is 2.22. The lowest BCUT2D eigenvalue weighted by molar-refractivity contribution is -0.149. The molecule has 1 amide bonds. The van der Waals surface area contributed by atoms with Gasteiger partial charge in [-0.05, 0) is 29.0 Å². The van der Waals surface area contributed by atoms with Crippen molar-refractivity contribution in [2.45, 2.75) is 19.6 Å². The van der Waals surface area contributed by atoms with Crippen LogP contribution in [0.15, 0.2) is 39.6 Å². The van der Waals surface area contributed by atoms with Gasteiger partial charge in [-0.1, -0.05) is 0 Å². The quantitative estimate of drug-likeness (QED) is 0.796. The van der Waals surface area contributed by atoms with Gasteiger partial charge in [0.15, 0.2) is 0 Å². The lowest BCUT2D eigenvalue weighted by Gasteiger charge is -2.14. The van der Waals surface area contributed by atoms with Crippen LogP contribution in [-0.4, -0.2) is 23.3 Å². The first kappa shape index (κ1) is 13.9. The second kappa shape index (κ2) is 6.13. The minimum absolute atomic E-state index is 0.0381. The Balaban J connectivity index is 1.52. The number of hydrogen-bond donors (Lipinski definition) is 0. The van der Waals surface area contributed by atoms with Gasteiger partial charge in [0, 0.05) is 18.5 Å². The molecule has 1 saturated heterocycles. The van der Waals surface area contributed by atoms with Crippen molar-refractivity contribution in [2.75, 3.05) is 6.54 Å². The predicted molar refractivity (Wildman–Crippen MR) is 76.3 cm³/mol. The Hall–Kier alpha value is -2.08. The average Bonchev–Trinajstić information content (AvgIpc) is 3.20. The highest BCUT2D eigenvalue weighted by Gasteiger charge is 2.35. The van der Waals surface area contributed by atoms with Crippen molar-refractivity contribution in [3.63, 3.8) is 0 Å².